The zero-order valence-electron chi connectivity index (χ0n) is 27.3. The van der Waals surface area contributed by atoms with E-state index in [0.717, 1.165) is 31.7 Å². The number of carboxylic acid groups (broad SMARTS) is 1. The molecule has 260 valence electrons. The molecule has 2 saturated heterocycles. The van der Waals surface area contributed by atoms with Gasteiger partial charge in [-0.15, -0.1) is 0 Å². The van der Waals surface area contributed by atoms with Gasteiger partial charge < -0.3 is 48.0 Å². The summed E-state index contributed by atoms with van der Waals surface area (Å²) in [5.41, 5.74) is 0.797. The van der Waals surface area contributed by atoms with Gasteiger partial charge in [0.2, 0.25) is 0 Å². The van der Waals surface area contributed by atoms with E-state index >= 15 is 0 Å². The fourth-order valence-electron chi connectivity index (χ4n) is 6.37. The number of carboxylic acids is 1. The third-order valence-corrected chi connectivity index (χ3v) is 8.85. The third-order valence-electron chi connectivity index (χ3n) is 8.85. The van der Waals surface area contributed by atoms with Gasteiger partial charge in [-0.2, -0.15) is 0 Å². The number of aromatic carboxylic acids is 1. The number of ether oxygens (including phenoxy) is 6. The molecule has 0 radical (unpaired) electrons. The lowest BCUT2D eigenvalue weighted by molar-refractivity contribution is -0.0525. The quantitative estimate of drug-likeness (QED) is 0.267. The number of nitrogens with one attached hydrogen (secondary N) is 1. The standard InChI is InChI=1S/C20H24N2O5.C15H15NO6/c1-25-14-6-7-15-16(20(24)21-13-4-2-3-5-13)11-18(23)22(17(15)10-14)12-19-26-8-9-27-19;1-20-9-2-3-10-11(15(18)19)7-13(17)16(12(10)6-9)8-14-21-4-5-22-14/h6-7,10-11,13,19H,2-5,8-9,12H2,1H3,(H,21,24);2-3,6-7,14H,4-5,8H2,1H3,(H,18,19). The maximum absolute atomic E-state index is 12.8. The number of pyridine rings is 2. The van der Waals surface area contributed by atoms with Crippen LogP contribution in [0, 0.1) is 0 Å². The molecule has 14 nitrogen and oxygen atoms in total. The number of methoxy groups -OCH3 is 2. The van der Waals surface area contributed by atoms with Crippen molar-refractivity contribution < 1.29 is 43.1 Å². The molecule has 4 aromatic rings. The first-order valence-electron chi connectivity index (χ1n) is 16.2. The lowest BCUT2D eigenvalue weighted by Crippen LogP contribution is -2.34. The Labute approximate surface area is 281 Å². The molecule has 0 spiro atoms. The minimum atomic E-state index is -1.15. The van der Waals surface area contributed by atoms with Gasteiger partial charge in [0.15, 0.2) is 12.6 Å². The molecule has 2 aromatic heterocycles. The molecule has 3 aliphatic rings. The van der Waals surface area contributed by atoms with Gasteiger partial charge in [0.25, 0.3) is 17.0 Å². The van der Waals surface area contributed by atoms with E-state index in [4.69, 9.17) is 28.4 Å². The van der Waals surface area contributed by atoms with E-state index in [9.17, 15) is 24.3 Å². The normalized spacial score (nSPS) is 16.9. The first-order valence-corrected chi connectivity index (χ1v) is 16.2. The minimum Gasteiger partial charge on any atom is -0.497 e. The molecule has 2 aromatic carbocycles. The van der Waals surface area contributed by atoms with Crippen LogP contribution in [0.5, 0.6) is 11.5 Å². The molecule has 1 aliphatic carbocycles. The van der Waals surface area contributed by atoms with Crippen molar-refractivity contribution in [1.82, 2.24) is 14.5 Å². The lowest BCUT2D eigenvalue weighted by atomic mass is 10.1. The largest absolute Gasteiger partial charge is 0.497 e. The highest BCUT2D eigenvalue weighted by atomic mass is 16.7. The monoisotopic (exact) mass is 677 g/mol. The van der Waals surface area contributed by atoms with E-state index in [1.807, 2.05) is 6.07 Å². The molecule has 49 heavy (non-hydrogen) atoms. The van der Waals surface area contributed by atoms with E-state index in [1.54, 1.807) is 42.0 Å². The number of benzene rings is 2. The zero-order valence-corrected chi connectivity index (χ0v) is 27.3. The number of carbonyl (C=O) groups excluding carboxylic acids is 1. The third kappa shape index (κ3) is 7.62. The van der Waals surface area contributed by atoms with E-state index in [0.29, 0.717) is 65.3 Å². The Balaban J connectivity index is 0.000000174. The second-order valence-corrected chi connectivity index (χ2v) is 11.9. The summed E-state index contributed by atoms with van der Waals surface area (Å²) in [4.78, 5) is 49.3. The molecule has 1 amide bonds. The van der Waals surface area contributed by atoms with Crippen LogP contribution in [-0.2, 0) is 32.0 Å². The summed E-state index contributed by atoms with van der Waals surface area (Å²) in [6.45, 7) is 2.46. The number of carbonyl (C=O) groups is 2. The molecule has 0 unspecified atom stereocenters. The molecule has 1 saturated carbocycles. The van der Waals surface area contributed by atoms with Crippen LogP contribution in [0.25, 0.3) is 21.8 Å². The van der Waals surface area contributed by atoms with Crippen LogP contribution in [0.2, 0.25) is 0 Å². The average molecular weight is 678 g/mol. The van der Waals surface area contributed by atoms with Gasteiger partial charge in [-0.05, 0) is 37.1 Å². The van der Waals surface area contributed by atoms with E-state index in [2.05, 4.69) is 5.32 Å². The average Bonchev–Trinajstić information content (AvgIpc) is 3.92. The van der Waals surface area contributed by atoms with Crippen molar-refractivity contribution in [2.24, 2.45) is 0 Å². The Bertz CT molecular complexity index is 1950. The van der Waals surface area contributed by atoms with Crippen molar-refractivity contribution in [3.05, 3.63) is 80.4 Å². The van der Waals surface area contributed by atoms with Crippen molar-refractivity contribution in [3.63, 3.8) is 0 Å². The molecule has 0 atom stereocenters. The predicted molar refractivity (Wildman–Crippen MR) is 178 cm³/mol. The highest BCUT2D eigenvalue weighted by Crippen LogP contribution is 2.26. The molecule has 2 N–H and O–H groups in total. The first-order chi connectivity index (χ1) is 23.7. The minimum absolute atomic E-state index is 0.0350. The van der Waals surface area contributed by atoms with Gasteiger partial charge in [0.05, 0.1) is 75.9 Å². The number of rotatable bonds is 9. The van der Waals surface area contributed by atoms with E-state index in [-0.39, 0.29) is 36.2 Å². The number of aromatic nitrogens is 2. The maximum atomic E-state index is 12.8. The summed E-state index contributed by atoms with van der Waals surface area (Å²) in [5, 5.41) is 13.5. The SMILES string of the molecule is COc1ccc2c(C(=O)NC3CCCC3)cc(=O)n(CC3OCCO3)c2c1.COc1ccc2c(C(=O)O)cc(=O)n(CC3OCCO3)c2c1. The summed E-state index contributed by atoms with van der Waals surface area (Å²) in [6.07, 6.45) is 3.27. The summed E-state index contributed by atoms with van der Waals surface area (Å²) >= 11 is 0. The number of hydrogen-bond donors (Lipinski definition) is 2. The molecular weight excluding hydrogens is 638 g/mol. The summed E-state index contributed by atoms with van der Waals surface area (Å²) in [7, 11) is 3.08. The molecule has 3 fully saturated rings. The zero-order chi connectivity index (χ0) is 34.5. The molecule has 7 rings (SSSR count). The van der Waals surface area contributed by atoms with Crippen molar-refractivity contribution in [3.8, 4) is 11.5 Å². The second-order valence-electron chi connectivity index (χ2n) is 11.9. The first kappa shape index (κ1) is 34.1. The van der Waals surface area contributed by atoms with Gasteiger partial charge in [-0.3, -0.25) is 14.4 Å². The molecule has 14 heteroatoms. The van der Waals surface area contributed by atoms with Crippen LogP contribution in [0.3, 0.4) is 0 Å². The van der Waals surface area contributed by atoms with Crippen molar-refractivity contribution in [2.45, 2.75) is 57.4 Å². The fourth-order valence-corrected chi connectivity index (χ4v) is 6.37. The molecular formula is C35H39N3O11. The van der Waals surface area contributed by atoms with Crippen molar-refractivity contribution >= 4 is 33.7 Å². The summed E-state index contributed by atoms with van der Waals surface area (Å²) < 4.78 is 35.2. The Morgan fingerprint density at radius 3 is 1.63 bits per heavy atom. The topological polar surface area (TPSA) is 166 Å². The second kappa shape index (κ2) is 15.2. The van der Waals surface area contributed by atoms with Gasteiger partial charge in [-0.25, -0.2) is 4.79 Å². The highest BCUT2D eigenvalue weighted by Gasteiger charge is 2.24. The van der Waals surface area contributed by atoms with Crippen LogP contribution in [0.4, 0.5) is 0 Å². The van der Waals surface area contributed by atoms with Crippen LogP contribution in [0.1, 0.15) is 46.4 Å². The van der Waals surface area contributed by atoms with Crippen LogP contribution in [-0.4, -0.2) is 85.4 Å². The predicted octanol–water partition coefficient (Wildman–Crippen LogP) is 3.14. The molecule has 0 bridgehead atoms. The van der Waals surface area contributed by atoms with Gasteiger partial charge in [0, 0.05) is 41.1 Å². The lowest BCUT2D eigenvalue weighted by Gasteiger charge is -2.18. The van der Waals surface area contributed by atoms with Crippen LogP contribution >= 0.6 is 0 Å². The smallest absolute Gasteiger partial charge is 0.336 e. The van der Waals surface area contributed by atoms with E-state index < -0.39 is 24.1 Å². The Morgan fingerprint density at radius 2 is 1.18 bits per heavy atom. The van der Waals surface area contributed by atoms with Gasteiger partial charge in [-0.1, -0.05) is 12.8 Å². The highest BCUT2D eigenvalue weighted by molar-refractivity contribution is 6.06. The number of nitrogens with zero attached hydrogens (tertiary/aromatic N) is 2. The van der Waals surface area contributed by atoms with Crippen molar-refractivity contribution in [1.29, 1.82) is 0 Å². The molecule has 2 aliphatic heterocycles. The van der Waals surface area contributed by atoms with Gasteiger partial charge in [0.1, 0.15) is 11.5 Å². The Kier molecular flexibility index (Phi) is 10.6. The fraction of sp³-hybridized carbons (Fsp3) is 0.429. The Morgan fingerprint density at radius 1 is 0.735 bits per heavy atom. The number of hydrogen-bond acceptors (Lipinski definition) is 10. The summed E-state index contributed by atoms with van der Waals surface area (Å²) in [6, 6.07) is 13.0. The number of amides is 1. The van der Waals surface area contributed by atoms with Gasteiger partial charge >= 0.3 is 5.97 Å². The number of fused-ring (bicyclic) bond motifs is 2. The summed E-state index contributed by atoms with van der Waals surface area (Å²) in [5.74, 6) is -0.184. The maximum Gasteiger partial charge on any atom is 0.336 e. The van der Waals surface area contributed by atoms with Crippen molar-refractivity contribution in [2.75, 3.05) is 40.6 Å². The van der Waals surface area contributed by atoms with Crippen LogP contribution in [0.15, 0.2) is 58.1 Å². The molecule has 4 heterocycles. The van der Waals surface area contributed by atoms with Crippen LogP contribution < -0.4 is 25.9 Å². The van der Waals surface area contributed by atoms with E-state index in [1.165, 1.54) is 17.7 Å². The Hall–Kier alpha value is -4.76.